The Morgan fingerprint density at radius 2 is 2.12 bits per heavy atom. The van der Waals surface area contributed by atoms with Crippen molar-refractivity contribution in [1.82, 2.24) is 9.62 Å². The lowest BCUT2D eigenvalue weighted by Gasteiger charge is -2.36. The van der Waals surface area contributed by atoms with Gasteiger partial charge in [0.2, 0.25) is 15.9 Å². The van der Waals surface area contributed by atoms with Gasteiger partial charge < -0.3 is 10.1 Å². The van der Waals surface area contributed by atoms with Crippen LogP contribution in [0, 0.1) is 5.92 Å². The summed E-state index contributed by atoms with van der Waals surface area (Å²) in [6.07, 6.45) is 1.15. The molecule has 0 aromatic carbocycles. The molecule has 0 bridgehead atoms. The average molecular weight is 250 g/mol. The van der Waals surface area contributed by atoms with E-state index in [1.165, 1.54) is 4.31 Å². The van der Waals surface area contributed by atoms with Gasteiger partial charge in [0, 0.05) is 26.2 Å². The van der Waals surface area contributed by atoms with E-state index < -0.39 is 10.0 Å². The molecule has 1 N–H and O–H groups in total. The number of methoxy groups -OCH3 is 1. The van der Waals surface area contributed by atoms with Crippen molar-refractivity contribution in [3.05, 3.63) is 0 Å². The van der Waals surface area contributed by atoms with Crippen molar-refractivity contribution in [2.75, 3.05) is 33.1 Å². The lowest BCUT2D eigenvalue weighted by molar-refractivity contribution is -0.129. The van der Waals surface area contributed by atoms with Crippen molar-refractivity contribution < 1.29 is 17.9 Å². The second-order valence-corrected chi connectivity index (χ2v) is 6.12. The second kappa shape index (κ2) is 5.11. The summed E-state index contributed by atoms with van der Waals surface area (Å²) in [5.41, 5.74) is 0. The molecule has 0 aliphatic carbocycles. The summed E-state index contributed by atoms with van der Waals surface area (Å²) in [5, 5.41) is 2.77. The predicted octanol–water partition coefficient (Wildman–Crippen LogP) is -0.971. The molecule has 1 rings (SSSR count). The Labute approximate surface area is 96.0 Å². The third-order valence-corrected chi connectivity index (χ3v) is 3.73. The Hall–Kier alpha value is -0.660. The number of amides is 1. The van der Waals surface area contributed by atoms with E-state index in [1.54, 1.807) is 7.11 Å². The molecule has 1 fully saturated rings. The molecule has 1 aliphatic heterocycles. The van der Waals surface area contributed by atoms with Gasteiger partial charge in [-0.05, 0) is 6.92 Å². The minimum Gasteiger partial charge on any atom is -0.383 e. The van der Waals surface area contributed by atoms with Crippen LogP contribution in [0.25, 0.3) is 0 Å². The molecule has 0 saturated carbocycles. The molecule has 16 heavy (non-hydrogen) atoms. The summed E-state index contributed by atoms with van der Waals surface area (Å²) in [6, 6.07) is -0.0511. The monoisotopic (exact) mass is 250 g/mol. The van der Waals surface area contributed by atoms with E-state index in [2.05, 4.69) is 5.32 Å². The van der Waals surface area contributed by atoms with Crippen LogP contribution in [-0.4, -0.2) is 57.7 Å². The van der Waals surface area contributed by atoms with Gasteiger partial charge >= 0.3 is 0 Å². The maximum absolute atomic E-state index is 11.6. The van der Waals surface area contributed by atoms with Gasteiger partial charge in [0.25, 0.3) is 0 Å². The van der Waals surface area contributed by atoms with Crippen molar-refractivity contribution >= 4 is 15.9 Å². The van der Waals surface area contributed by atoms with Gasteiger partial charge in [-0.25, -0.2) is 12.7 Å². The normalized spacial score (nSPS) is 20.2. The lowest BCUT2D eigenvalue weighted by atomic mass is 10.0. The highest BCUT2D eigenvalue weighted by molar-refractivity contribution is 7.88. The highest BCUT2D eigenvalue weighted by atomic mass is 32.2. The van der Waals surface area contributed by atoms with Crippen LogP contribution >= 0.6 is 0 Å². The van der Waals surface area contributed by atoms with Crippen molar-refractivity contribution in [3.63, 3.8) is 0 Å². The zero-order chi connectivity index (χ0) is 12.3. The maximum Gasteiger partial charge on any atom is 0.226 e. The van der Waals surface area contributed by atoms with Gasteiger partial charge in [0.1, 0.15) is 0 Å². The molecule has 0 aromatic heterocycles. The van der Waals surface area contributed by atoms with Gasteiger partial charge in [-0.15, -0.1) is 0 Å². The van der Waals surface area contributed by atoms with Crippen LogP contribution in [0.3, 0.4) is 0 Å². The number of hydrogen-bond donors (Lipinski definition) is 1. The molecule has 1 aliphatic rings. The van der Waals surface area contributed by atoms with E-state index in [4.69, 9.17) is 4.74 Å². The van der Waals surface area contributed by atoms with Gasteiger partial charge in [0.15, 0.2) is 0 Å². The van der Waals surface area contributed by atoms with Crippen LogP contribution < -0.4 is 5.32 Å². The zero-order valence-electron chi connectivity index (χ0n) is 9.76. The Morgan fingerprint density at radius 1 is 1.56 bits per heavy atom. The van der Waals surface area contributed by atoms with Gasteiger partial charge in [-0.2, -0.15) is 0 Å². The maximum atomic E-state index is 11.6. The first kappa shape index (κ1) is 13.4. The molecular formula is C9H18N2O4S. The molecule has 1 saturated heterocycles. The summed E-state index contributed by atoms with van der Waals surface area (Å²) < 4.78 is 28.3. The first-order valence-corrected chi connectivity index (χ1v) is 6.94. The molecule has 1 heterocycles. The summed E-state index contributed by atoms with van der Waals surface area (Å²) in [4.78, 5) is 11.6. The highest BCUT2D eigenvalue weighted by Gasteiger charge is 2.37. The second-order valence-electron chi connectivity index (χ2n) is 4.14. The van der Waals surface area contributed by atoms with E-state index in [1.807, 2.05) is 6.92 Å². The fourth-order valence-corrected chi connectivity index (χ4v) is 2.43. The first-order valence-electron chi connectivity index (χ1n) is 5.09. The summed E-state index contributed by atoms with van der Waals surface area (Å²) >= 11 is 0. The standard InChI is InChI=1S/C9H18N2O4S/c1-7(6-15-2)10-9(12)8-4-11(5-8)16(3,13)14/h7-8H,4-6H2,1-3H3,(H,10,12)/t7-/m1/s1. The number of nitrogens with one attached hydrogen (secondary N) is 1. The van der Waals surface area contributed by atoms with Crippen LogP contribution in [0.15, 0.2) is 0 Å². The molecular weight excluding hydrogens is 232 g/mol. The van der Waals surface area contributed by atoms with Crippen molar-refractivity contribution in [1.29, 1.82) is 0 Å². The molecule has 6 nitrogen and oxygen atoms in total. The summed E-state index contributed by atoms with van der Waals surface area (Å²) in [6.45, 7) is 2.86. The number of hydrogen-bond acceptors (Lipinski definition) is 4. The summed E-state index contributed by atoms with van der Waals surface area (Å²) in [5.74, 6) is -0.335. The van der Waals surface area contributed by atoms with Crippen molar-refractivity contribution in [2.45, 2.75) is 13.0 Å². The van der Waals surface area contributed by atoms with E-state index in [0.29, 0.717) is 6.61 Å². The molecule has 0 aromatic rings. The number of carbonyl (C=O) groups is 1. The minimum absolute atomic E-state index is 0.0511. The SMILES string of the molecule is COC[C@@H](C)NC(=O)C1CN(S(C)(=O)=O)C1. The van der Waals surface area contributed by atoms with E-state index in [9.17, 15) is 13.2 Å². The number of sulfonamides is 1. The average Bonchev–Trinajstić information content (AvgIpc) is 1.97. The quantitative estimate of drug-likeness (QED) is 0.681. The highest BCUT2D eigenvalue weighted by Crippen LogP contribution is 2.18. The minimum atomic E-state index is -3.14. The van der Waals surface area contributed by atoms with Gasteiger partial charge in [0.05, 0.1) is 18.8 Å². The summed E-state index contributed by atoms with van der Waals surface area (Å²) in [7, 11) is -1.58. The van der Waals surface area contributed by atoms with Crippen LogP contribution in [0.4, 0.5) is 0 Å². The van der Waals surface area contributed by atoms with Crippen LogP contribution in [-0.2, 0) is 19.6 Å². The molecule has 0 spiro atoms. The molecule has 1 amide bonds. The Morgan fingerprint density at radius 3 is 2.56 bits per heavy atom. The molecule has 1 atom stereocenters. The van der Waals surface area contributed by atoms with Crippen molar-refractivity contribution in [3.8, 4) is 0 Å². The molecule has 94 valence electrons. The number of ether oxygens (including phenoxy) is 1. The Balaban J connectivity index is 2.32. The lowest BCUT2D eigenvalue weighted by Crippen LogP contribution is -2.56. The largest absolute Gasteiger partial charge is 0.383 e. The van der Waals surface area contributed by atoms with Gasteiger partial charge in [-0.1, -0.05) is 0 Å². The van der Waals surface area contributed by atoms with E-state index in [-0.39, 0.29) is 31.0 Å². The number of carbonyl (C=O) groups excluding carboxylic acids is 1. The predicted molar refractivity (Wildman–Crippen MR) is 59.4 cm³/mol. The van der Waals surface area contributed by atoms with Crippen LogP contribution in [0.2, 0.25) is 0 Å². The fourth-order valence-electron chi connectivity index (χ4n) is 1.53. The third-order valence-electron chi connectivity index (χ3n) is 2.49. The smallest absolute Gasteiger partial charge is 0.226 e. The topological polar surface area (TPSA) is 75.7 Å². The molecule has 0 radical (unpaired) electrons. The third kappa shape index (κ3) is 3.43. The van der Waals surface area contributed by atoms with Crippen LogP contribution in [0.5, 0.6) is 0 Å². The van der Waals surface area contributed by atoms with E-state index >= 15 is 0 Å². The number of nitrogens with zero attached hydrogens (tertiary/aromatic N) is 1. The fraction of sp³-hybridized carbons (Fsp3) is 0.889. The zero-order valence-corrected chi connectivity index (χ0v) is 10.6. The Kier molecular flexibility index (Phi) is 4.28. The molecule has 0 unspecified atom stereocenters. The first-order chi connectivity index (χ1) is 7.34. The van der Waals surface area contributed by atoms with E-state index in [0.717, 1.165) is 6.26 Å². The van der Waals surface area contributed by atoms with Crippen LogP contribution in [0.1, 0.15) is 6.92 Å². The number of rotatable bonds is 5. The van der Waals surface area contributed by atoms with Gasteiger partial charge in [-0.3, -0.25) is 4.79 Å². The van der Waals surface area contributed by atoms with Crippen molar-refractivity contribution in [2.24, 2.45) is 5.92 Å². The Bertz CT molecular complexity index is 349. The molecule has 7 heteroatoms.